The summed E-state index contributed by atoms with van der Waals surface area (Å²) >= 11 is 1.62. The van der Waals surface area contributed by atoms with Gasteiger partial charge in [-0.2, -0.15) is 4.98 Å². The number of anilines is 2. The molecule has 0 amide bonds. The van der Waals surface area contributed by atoms with Crippen LogP contribution >= 0.6 is 11.3 Å². The van der Waals surface area contributed by atoms with Crippen molar-refractivity contribution in [3.63, 3.8) is 0 Å². The van der Waals surface area contributed by atoms with E-state index in [2.05, 4.69) is 45.6 Å². The van der Waals surface area contributed by atoms with E-state index >= 15 is 0 Å². The van der Waals surface area contributed by atoms with Gasteiger partial charge in [-0.3, -0.25) is 5.43 Å². The van der Waals surface area contributed by atoms with Crippen molar-refractivity contribution < 1.29 is 0 Å². The SMILES string of the molecule is CC(C)C1CCN(c2nc(NN)nc3sccc23)C1. The zero-order chi connectivity index (χ0) is 13.4. The van der Waals surface area contributed by atoms with Crippen molar-refractivity contribution >= 4 is 33.3 Å². The van der Waals surface area contributed by atoms with Crippen LogP contribution in [0.4, 0.5) is 11.8 Å². The van der Waals surface area contributed by atoms with Crippen LogP contribution < -0.4 is 16.2 Å². The minimum absolute atomic E-state index is 0.498. The van der Waals surface area contributed by atoms with Gasteiger partial charge in [0.15, 0.2) is 0 Å². The number of hydrazine groups is 1. The standard InChI is InChI=1S/C13H19N5S/c1-8(2)9-3-5-18(7-9)11-10-4-6-19-12(10)16-13(15-11)17-14/h4,6,8-9H,3,5,7,14H2,1-2H3,(H,15,16,17). The summed E-state index contributed by atoms with van der Waals surface area (Å²) < 4.78 is 0. The third-order valence-corrected chi connectivity index (χ3v) is 4.71. The van der Waals surface area contributed by atoms with Gasteiger partial charge in [-0.15, -0.1) is 11.3 Å². The molecule has 102 valence electrons. The molecule has 3 heterocycles. The lowest BCUT2D eigenvalue weighted by atomic mass is 9.95. The molecule has 1 aliphatic rings. The van der Waals surface area contributed by atoms with Gasteiger partial charge in [0, 0.05) is 13.1 Å². The van der Waals surface area contributed by atoms with Gasteiger partial charge < -0.3 is 4.90 Å². The second-order valence-corrected chi connectivity index (χ2v) is 6.29. The van der Waals surface area contributed by atoms with Gasteiger partial charge in [-0.25, -0.2) is 10.8 Å². The topological polar surface area (TPSA) is 67.1 Å². The third-order valence-electron chi connectivity index (χ3n) is 3.90. The van der Waals surface area contributed by atoms with Gasteiger partial charge >= 0.3 is 0 Å². The second kappa shape index (κ2) is 4.94. The number of hydrogen-bond acceptors (Lipinski definition) is 6. The third kappa shape index (κ3) is 2.26. The summed E-state index contributed by atoms with van der Waals surface area (Å²) in [5, 5.41) is 3.19. The lowest BCUT2D eigenvalue weighted by molar-refractivity contribution is 0.422. The van der Waals surface area contributed by atoms with Crippen LogP contribution in [0.3, 0.4) is 0 Å². The van der Waals surface area contributed by atoms with Gasteiger partial charge in [0.25, 0.3) is 0 Å². The smallest absolute Gasteiger partial charge is 0.240 e. The summed E-state index contributed by atoms with van der Waals surface area (Å²) in [7, 11) is 0. The number of nitrogens with one attached hydrogen (secondary N) is 1. The Balaban J connectivity index is 1.98. The fraction of sp³-hybridized carbons (Fsp3) is 0.538. The van der Waals surface area contributed by atoms with Crippen LogP contribution in [0.25, 0.3) is 10.2 Å². The minimum atomic E-state index is 0.498. The molecule has 0 bridgehead atoms. The van der Waals surface area contributed by atoms with Crippen LogP contribution in [-0.2, 0) is 0 Å². The molecule has 0 radical (unpaired) electrons. The highest BCUT2D eigenvalue weighted by atomic mass is 32.1. The number of nitrogens with zero attached hydrogens (tertiary/aromatic N) is 3. The molecule has 1 atom stereocenters. The van der Waals surface area contributed by atoms with E-state index in [1.54, 1.807) is 11.3 Å². The normalized spacial score (nSPS) is 19.6. The molecule has 1 aliphatic heterocycles. The maximum absolute atomic E-state index is 5.46. The quantitative estimate of drug-likeness (QED) is 0.666. The number of fused-ring (bicyclic) bond motifs is 1. The first-order valence-electron chi connectivity index (χ1n) is 6.66. The molecule has 2 aromatic heterocycles. The average molecular weight is 277 g/mol. The Hall–Kier alpha value is -1.40. The Bertz CT molecular complexity index is 579. The summed E-state index contributed by atoms with van der Waals surface area (Å²) in [6.07, 6.45) is 1.23. The summed E-state index contributed by atoms with van der Waals surface area (Å²) in [6.45, 7) is 6.72. The molecule has 0 aromatic carbocycles. The lowest BCUT2D eigenvalue weighted by Crippen LogP contribution is -2.23. The van der Waals surface area contributed by atoms with Crippen LogP contribution in [0, 0.1) is 11.8 Å². The van der Waals surface area contributed by atoms with E-state index in [0.717, 1.165) is 41.0 Å². The molecule has 3 N–H and O–H groups in total. The van der Waals surface area contributed by atoms with E-state index in [9.17, 15) is 0 Å². The summed E-state index contributed by atoms with van der Waals surface area (Å²) in [5.41, 5.74) is 2.56. The molecule has 19 heavy (non-hydrogen) atoms. The van der Waals surface area contributed by atoms with Crippen molar-refractivity contribution in [2.45, 2.75) is 20.3 Å². The maximum atomic E-state index is 5.46. The molecule has 0 aliphatic carbocycles. The zero-order valence-corrected chi connectivity index (χ0v) is 12.1. The molecular formula is C13H19N5S. The van der Waals surface area contributed by atoms with Crippen molar-refractivity contribution in [1.29, 1.82) is 0 Å². The largest absolute Gasteiger partial charge is 0.356 e. The van der Waals surface area contributed by atoms with Crippen molar-refractivity contribution in [3.8, 4) is 0 Å². The van der Waals surface area contributed by atoms with Crippen molar-refractivity contribution in [1.82, 2.24) is 9.97 Å². The molecular weight excluding hydrogens is 258 g/mol. The number of nitrogens with two attached hydrogens (primary N) is 1. The zero-order valence-electron chi connectivity index (χ0n) is 11.3. The summed E-state index contributed by atoms with van der Waals surface area (Å²) in [4.78, 5) is 12.3. The Morgan fingerprint density at radius 1 is 1.47 bits per heavy atom. The molecule has 6 heteroatoms. The highest BCUT2D eigenvalue weighted by Crippen LogP contribution is 2.33. The van der Waals surface area contributed by atoms with Crippen LogP contribution in [0.15, 0.2) is 11.4 Å². The Morgan fingerprint density at radius 3 is 3.00 bits per heavy atom. The predicted octanol–water partition coefficient (Wildman–Crippen LogP) is 2.46. The van der Waals surface area contributed by atoms with Crippen LogP contribution in [0.5, 0.6) is 0 Å². The fourth-order valence-corrected chi connectivity index (χ4v) is 3.43. The highest BCUT2D eigenvalue weighted by Gasteiger charge is 2.27. The van der Waals surface area contributed by atoms with E-state index in [-0.39, 0.29) is 0 Å². The van der Waals surface area contributed by atoms with E-state index in [4.69, 9.17) is 5.84 Å². The number of nitrogen functional groups attached to an aromatic ring is 1. The van der Waals surface area contributed by atoms with Gasteiger partial charge in [-0.1, -0.05) is 13.8 Å². The Kier molecular flexibility index (Phi) is 3.28. The van der Waals surface area contributed by atoms with E-state index in [1.165, 1.54) is 6.42 Å². The molecule has 5 nitrogen and oxygen atoms in total. The first kappa shape index (κ1) is 12.6. The number of hydrogen-bond donors (Lipinski definition) is 2. The monoisotopic (exact) mass is 277 g/mol. The van der Waals surface area contributed by atoms with Crippen LogP contribution in [-0.4, -0.2) is 23.1 Å². The number of aromatic nitrogens is 2. The van der Waals surface area contributed by atoms with Gasteiger partial charge in [0.05, 0.1) is 5.39 Å². The van der Waals surface area contributed by atoms with Crippen LogP contribution in [0.1, 0.15) is 20.3 Å². The van der Waals surface area contributed by atoms with E-state index in [1.807, 2.05) is 0 Å². The Morgan fingerprint density at radius 2 is 2.32 bits per heavy atom. The fourth-order valence-electron chi connectivity index (χ4n) is 2.67. The molecule has 0 spiro atoms. The van der Waals surface area contributed by atoms with Gasteiger partial charge in [0.2, 0.25) is 5.95 Å². The molecule has 1 saturated heterocycles. The number of rotatable bonds is 3. The summed E-state index contributed by atoms with van der Waals surface area (Å²) in [6, 6.07) is 2.10. The van der Waals surface area contributed by atoms with Gasteiger partial charge in [-0.05, 0) is 29.7 Å². The predicted molar refractivity (Wildman–Crippen MR) is 80.4 cm³/mol. The van der Waals surface area contributed by atoms with E-state index in [0.29, 0.717) is 5.95 Å². The molecule has 0 saturated carbocycles. The first-order valence-corrected chi connectivity index (χ1v) is 7.54. The second-order valence-electron chi connectivity index (χ2n) is 5.39. The maximum Gasteiger partial charge on any atom is 0.240 e. The molecule has 1 unspecified atom stereocenters. The average Bonchev–Trinajstić information content (AvgIpc) is 3.06. The van der Waals surface area contributed by atoms with Gasteiger partial charge in [0.1, 0.15) is 10.6 Å². The highest BCUT2D eigenvalue weighted by molar-refractivity contribution is 7.16. The van der Waals surface area contributed by atoms with E-state index < -0.39 is 0 Å². The molecule has 3 rings (SSSR count). The van der Waals surface area contributed by atoms with Crippen molar-refractivity contribution in [3.05, 3.63) is 11.4 Å². The first-order chi connectivity index (χ1) is 9.19. The van der Waals surface area contributed by atoms with Crippen molar-refractivity contribution in [2.24, 2.45) is 17.7 Å². The molecule has 1 fully saturated rings. The Labute approximate surface area is 116 Å². The number of thiophene rings is 1. The van der Waals surface area contributed by atoms with Crippen LogP contribution in [0.2, 0.25) is 0 Å². The van der Waals surface area contributed by atoms with Crippen molar-refractivity contribution in [2.75, 3.05) is 23.4 Å². The lowest BCUT2D eigenvalue weighted by Gasteiger charge is -2.20. The summed E-state index contributed by atoms with van der Waals surface area (Å²) in [5.74, 6) is 8.45. The molecule has 2 aromatic rings. The minimum Gasteiger partial charge on any atom is -0.356 e.